The minimum Gasteiger partial charge on any atom is -0.269 e. The molecule has 1 amide bonds. The Hall–Kier alpha value is -2.24. The van der Waals surface area contributed by atoms with Crippen LogP contribution in [0.5, 0.6) is 0 Å². The zero-order chi connectivity index (χ0) is 16.4. The molecule has 0 saturated carbocycles. The third-order valence-corrected chi connectivity index (χ3v) is 3.92. The van der Waals surface area contributed by atoms with Crippen molar-refractivity contribution in [1.82, 2.24) is 0 Å². The van der Waals surface area contributed by atoms with Gasteiger partial charge in [-0.3, -0.25) is 4.79 Å². The molecule has 7 heteroatoms. The van der Waals surface area contributed by atoms with Gasteiger partial charge in [0, 0.05) is 0 Å². The van der Waals surface area contributed by atoms with Crippen LogP contribution >= 0.6 is 23.2 Å². The van der Waals surface area contributed by atoms with Crippen molar-refractivity contribution >= 4 is 46.2 Å². The van der Waals surface area contributed by atoms with Crippen LogP contribution in [0.4, 0.5) is 11.4 Å². The van der Waals surface area contributed by atoms with Crippen LogP contribution in [0.25, 0.3) is 0 Å². The molecular formula is C16H12Cl2N4O. The molecule has 1 aliphatic rings. The van der Waals surface area contributed by atoms with Gasteiger partial charge < -0.3 is 0 Å². The van der Waals surface area contributed by atoms with Crippen LogP contribution < -0.4 is 5.01 Å². The van der Waals surface area contributed by atoms with Crippen molar-refractivity contribution in [3.63, 3.8) is 0 Å². The number of carbonyl (C=O) groups excluding carboxylic acids is 1. The SMILES string of the molecule is CC1=NN(c2ccccc2)C(=O)C1N=Nc1c(Cl)cccc1Cl. The lowest BCUT2D eigenvalue weighted by atomic mass is 10.2. The van der Waals surface area contributed by atoms with Gasteiger partial charge in [0.15, 0.2) is 6.04 Å². The quantitative estimate of drug-likeness (QED) is 0.731. The van der Waals surface area contributed by atoms with Crippen molar-refractivity contribution in [3.8, 4) is 0 Å². The van der Waals surface area contributed by atoms with E-state index in [9.17, 15) is 4.79 Å². The van der Waals surface area contributed by atoms with Crippen LogP contribution in [-0.4, -0.2) is 17.7 Å². The fourth-order valence-electron chi connectivity index (χ4n) is 2.14. The maximum absolute atomic E-state index is 12.5. The number of rotatable bonds is 3. The van der Waals surface area contributed by atoms with E-state index in [1.54, 1.807) is 37.3 Å². The van der Waals surface area contributed by atoms with Crippen molar-refractivity contribution in [2.45, 2.75) is 13.0 Å². The molecule has 1 heterocycles. The fraction of sp³-hybridized carbons (Fsp3) is 0.125. The molecule has 0 bridgehead atoms. The lowest BCUT2D eigenvalue weighted by Gasteiger charge is -2.11. The van der Waals surface area contributed by atoms with E-state index in [1.165, 1.54) is 5.01 Å². The number of hydrogen-bond donors (Lipinski definition) is 0. The van der Waals surface area contributed by atoms with E-state index in [2.05, 4.69) is 15.3 Å². The molecule has 0 radical (unpaired) electrons. The molecule has 2 aromatic rings. The summed E-state index contributed by atoms with van der Waals surface area (Å²) in [4.78, 5) is 12.5. The average Bonchev–Trinajstić information content (AvgIpc) is 2.83. The highest BCUT2D eigenvalue weighted by Crippen LogP contribution is 2.33. The third kappa shape index (κ3) is 3.11. The molecule has 0 spiro atoms. The zero-order valence-corrected chi connectivity index (χ0v) is 13.7. The molecule has 5 nitrogen and oxygen atoms in total. The van der Waals surface area contributed by atoms with E-state index < -0.39 is 6.04 Å². The Bertz CT molecular complexity index is 785. The van der Waals surface area contributed by atoms with E-state index in [0.717, 1.165) is 0 Å². The van der Waals surface area contributed by atoms with Crippen LogP contribution in [0.2, 0.25) is 10.0 Å². The number of carbonyl (C=O) groups is 1. The van der Waals surface area contributed by atoms with Crippen molar-refractivity contribution in [1.29, 1.82) is 0 Å². The van der Waals surface area contributed by atoms with Crippen LogP contribution in [0.3, 0.4) is 0 Å². The van der Waals surface area contributed by atoms with Gasteiger partial charge in [-0.25, -0.2) is 0 Å². The number of hydrazone groups is 1. The summed E-state index contributed by atoms with van der Waals surface area (Å²) in [5.74, 6) is -0.263. The number of amides is 1. The van der Waals surface area contributed by atoms with E-state index in [4.69, 9.17) is 23.2 Å². The lowest BCUT2D eigenvalue weighted by molar-refractivity contribution is -0.117. The first-order chi connectivity index (χ1) is 11.1. The van der Waals surface area contributed by atoms with Crippen LogP contribution in [0.15, 0.2) is 63.9 Å². The van der Waals surface area contributed by atoms with Gasteiger partial charge in [0.2, 0.25) is 0 Å². The molecule has 0 aromatic heterocycles. The maximum atomic E-state index is 12.5. The molecule has 1 aliphatic heterocycles. The normalized spacial score (nSPS) is 17.9. The minimum absolute atomic E-state index is 0.263. The fourth-order valence-corrected chi connectivity index (χ4v) is 2.62. The molecule has 3 rings (SSSR count). The van der Waals surface area contributed by atoms with Gasteiger partial charge in [0.05, 0.1) is 21.4 Å². The number of halogens is 2. The topological polar surface area (TPSA) is 57.4 Å². The molecule has 0 saturated heterocycles. The first kappa shape index (κ1) is 15.6. The molecule has 0 fully saturated rings. The van der Waals surface area contributed by atoms with Gasteiger partial charge in [0.25, 0.3) is 5.91 Å². The molecule has 23 heavy (non-hydrogen) atoms. The molecule has 116 valence electrons. The van der Waals surface area contributed by atoms with E-state index in [-0.39, 0.29) is 5.91 Å². The number of hydrogen-bond acceptors (Lipinski definition) is 4. The minimum atomic E-state index is -0.775. The van der Waals surface area contributed by atoms with Gasteiger partial charge >= 0.3 is 0 Å². The molecule has 0 aliphatic carbocycles. The highest BCUT2D eigenvalue weighted by Gasteiger charge is 2.34. The summed E-state index contributed by atoms with van der Waals surface area (Å²) in [7, 11) is 0. The van der Waals surface area contributed by atoms with Gasteiger partial charge in [-0.05, 0) is 31.2 Å². The predicted octanol–water partition coefficient (Wildman–Crippen LogP) is 4.87. The number of para-hydroxylation sites is 1. The van der Waals surface area contributed by atoms with Crippen LogP contribution in [-0.2, 0) is 4.79 Å². The van der Waals surface area contributed by atoms with E-state index in [1.807, 2.05) is 18.2 Å². The first-order valence-corrected chi connectivity index (χ1v) is 7.62. The second kappa shape index (κ2) is 6.48. The molecule has 1 atom stereocenters. The predicted molar refractivity (Wildman–Crippen MR) is 91.8 cm³/mol. The molecule has 2 aromatic carbocycles. The first-order valence-electron chi connectivity index (χ1n) is 6.87. The van der Waals surface area contributed by atoms with Crippen molar-refractivity contribution < 1.29 is 4.79 Å². The number of azo groups is 1. The monoisotopic (exact) mass is 346 g/mol. The van der Waals surface area contributed by atoms with E-state index >= 15 is 0 Å². The number of benzene rings is 2. The molecular weight excluding hydrogens is 335 g/mol. The Morgan fingerprint density at radius 1 is 1.04 bits per heavy atom. The number of anilines is 1. The molecule has 1 unspecified atom stereocenters. The summed E-state index contributed by atoms with van der Waals surface area (Å²) in [5, 5.41) is 14.5. The average molecular weight is 347 g/mol. The number of nitrogens with zero attached hydrogens (tertiary/aromatic N) is 4. The standard InChI is InChI=1S/C16H12Cl2N4O/c1-10-14(19-20-15-12(17)8-5-9-13(15)18)16(23)22(21-10)11-6-3-2-4-7-11/h2-9,14H,1H3. The summed E-state index contributed by atoms with van der Waals surface area (Å²) < 4.78 is 0. The van der Waals surface area contributed by atoms with Crippen molar-refractivity contribution in [2.24, 2.45) is 15.3 Å². The zero-order valence-electron chi connectivity index (χ0n) is 12.1. The van der Waals surface area contributed by atoms with Gasteiger partial charge in [-0.2, -0.15) is 20.3 Å². The highest BCUT2D eigenvalue weighted by molar-refractivity contribution is 6.38. The second-order valence-electron chi connectivity index (χ2n) is 4.92. The van der Waals surface area contributed by atoms with Gasteiger partial charge in [-0.15, -0.1) is 0 Å². The Balaban J connectivity index is 1.86. The highest BCUT2D eigenvalue weighted by atomic mass is 35.5. The van der Waals surface area contributed by atoms with Gasteiger partial charge in [-0.1, -0.05) is 47.5 Å². The van der Waals surface area contributed by atoms with Gasteiger partial charge in [0.1, 0.15) is 5.69 Å². The maximum Gasteiger partial charge on any atom is 0.280 e. The summed E-state index contributed by atoms with van der Waals surface area (Å²) in [6, 6.07) is 13.4. The smallest absolute Gasteiger partial charge is 0.269 e. The van der Waals surface area contributed by atoms with Crippen molar-refractivity contribution in [2.75, 3.05) is 5.01 Å². The largest absolute Gasteiger partial charge is 0.280 e. The second-order valence-corrected chi connectivity index (χ2v) is 5.73. The Kier molecular flexibility index (Phi) is 4.41. The van der Waals surface area contributed by atoms with E-state index in [0.29, 0.717) is 27.1 Å². The summed E-state index contributed by atoms with van der Waals surface area (Å²) in [6.45, 7) is 1.73. The van der Waals surface area contributed by atoms with Crippen LogP contribution in [0.1, 0.15) is 6.92 Å². The summed E-state index contributed by atoms with van der Waals surface area (Å²) in [5.41, 5.74) is 1.59. The third-order valence-electron chi connectivity index (χ3n) is 3.31. The van der Waals surface area contributed by atoms with Crippen molar-refractivity contribution in [3.05, 3.63) is 58.6 Å². The Labute approximate surface area is 143 Å². The Morgan fingerprint density at radius 2 is 1.70 bits per heavy atom. The Morgan fingerprint density at radius 3 is 2.35 bits per heavy atom. The van der Waals surface area contributed by atoms with Crippen LogP contribution in [0, 0.1) is 0 Å². The molecule has 0 N–H and O–H groups in total. The lowest BCUT2D eigenvalue weighted by Crippen LogP contribution is -2.29. The summed E-state index contributed by atoms with van der Waals surface area (Å²) >= 11 is 12.1. The summed E-state index contributed by atoms with van der Waals surface area (Å²) in [6.07, 6.45) is 0.